The molecule has 0 aliphatic rings. The molecule has 3 rings (SSSR count). The van der Waals surface area contributed by atoms with Gasteiger partial charge in [0.05, 0.1) is 39.1 Å². The first-order chi connectivity index (χ1) is 23.7. The first-order valence-electron chi connectivity index (χ1n) is 15.6. The molecule has 0 saturated carbocycles. The third-order valence-corrected chi connectivity index (χ3v) is 7.70. The molecule has 11 heteroatoms. The van der Waals surface area contributed by atoms with Gasteiger partial charge in [0.25, 0.3) is 0 Å². The van der Waals surface area contributed by atoms with Gasteiger partial charge in [0.2, 0.25) is 5.12 Å². The number of rotatable bonds is 20. The summed E-state index contributed by atoms with van der Waals surface area (Å²) in [4.78, 5) is 48.3. The zero-order chi connectivity index (χ0) is 35.4. The van der Waals surface area contributed by atoms with Crippen molar-refractivity contribution in [3.8, 4) is 23.0 Å². The van der Waals surface area contributed by atoms with E-state index in [2.05, 4.69) is 13.2 Å². The number of carbonyl (C=O) groups excluding carboxylic acids is 4. The minimum absolute atomic E-state index is 0.178. The van der Waals surface area contributed by atoms with Gasteiger partial charge in [-0.1, -0.05) is 25.3 Å². The summed E-state index contributed by atoms with van der Waals surface area (Å²) < 4.78 is 32.3. The average Bonchev–Trinajstić information content (AvgIpc) is 3.11. The Kier molecular flexibility index (Phi) is 16.2. The number of hydrogen-bond acceptors (Lipinski definition) is 11. The summed E-state index contributed by atoms with van der Waals surface area (Å²) in [5.74, 6) is 0.651. The van der Waals surface area contributed by atoms with Gasteiger partial charge in [0.1, 0.15) is 11.5 Å². The van der Waals surface area contributed by atoms with Gasteiger partial charge in [-0.2, -0.15) is 0 Å². The number of unbranched alkanes of at least 4 members (excludes halogenated alkanes) is 2. The van der Waals surface area contributed by atoms with E-state index < -0.39 is 17.9 Å². The Morgan fingerprint density at radius 1 is 0.714 bits per heavy atom. The molecule has 0 bridgehead atoms. The Morgan fingerprint density at radius 2 is 1.33 bits per heavy atom. The molecule has 0 heterocycles. The van der Waals surface area contributed by atoms with Crippen LogP contribution in [0.4, 0.5) is 0 Å². The third kappa shape index (κ3) is 13.8. The zero-order valence-corrected chi connectivity index (χ0v) is 28.5. The second-order valence-electron chi connectivity index (χ2n) is 10.4. The van der Waals surface area contributed by atoms with Gasteiger partial charge in [-0.15, -0.1) is 0 Å². The number of methoxy groups -OCH3 is 1. The molecule has 3 aromatic rings. The molecule has 0 fully saturated rings. The Balaban J connectivity index is 1.44. The topological polar surface area (TPSA) is 124 Å². The van der Waals surface area contributed by atoms with Crippen molar-refractivity contribution in [1.82, 2.24) is 0 Å². The molecular weight excluding hydrogens is 648 g/mol. The van der Waals surface area contributed by atoms with Gasteiger partial charge in [-0.3, -0.25) is 4.79 Å². The fourth-order valence-corrected chi connectivity index (χ4v) is 4.82. The second-order valence-corrected chi connectivity index (χ2v) is 11.4. The third-order valence-electron chi connectivity index (χ3n) is 6.68. The van der Waals surface area contributed by atoms with Gasteiger partial charge < -0.3 is 28.4 Å². The Hall–Kier alpha value is -5.29. The van der Waals surface area contributed by atoms with E-state index in [0.29, 0.717) is 80.7 Å². The normalized spacial score (nSPS) is 10.6. The van der Waals surface area contributed by atoms with E-state index in [1.807, 2.05) is 13.0 Å². The van der Waals surface area contributed by atoms with E-state index in [1.54, 1.807) is 67.8 Å². The molecule has 0 N–H and O–H groups in total. The summed E-state index contributed by atoms with van der Waals surface area (Å²) in [5.41, 5.74) is 1.90. The van der Waals surface area contributed by atoms with Crippen LogP contribution >= 0.6 is 11.8 Å². The van der Waals surface area contributed by atoms with Crippen molar-refractivity contribution in [2.75, 3.05) is 33.5 Å². The molecule has 0 aliphatic carbocycles. The predicted molar refractivity (Wildman–Crippen MR) is 187 cm³/mol. The molecule has 49 heavy (non-hydrogen) atoms. The van der Waals surface area contributed by atoms with Gasteiger partial charge in [0, 0.05) is 17.0 Å². The Morgan fingerprint density at radius 3 is 1.94 bits per heavy atom. The molecule has 0 atom stereocenters. The first-order valence-corrected chi connectivity index (χ1v) is 16.4. The molecule has 0 aromatic heterocycles. The van der Waals surface area contributed by atoms with E-state index in [-0.39, 0.29) is 5.12 Å². The van der Waals surface area contributed by atoms with Crippen LogP contribution in [0, 0.1) is 6.92 Å². The van der Waals surface area contributed by atoms with Crippen LogP contribution in [0.5, 0.6) is 23.0 Å². The number of benzene rings is 3. The maximum atomic E-state index is 12.7. The van der Waals surface area contributed by atoms with Gasteiger partial charge >= 0.3 is 17.9 Å². The van der Waals surface area contributed by atoms with Crippen LogP contribution in [0.2, 0.25) is 0 Å². The minimum atomic E-state index is -0.521. The fourth-order valence-electron chi connectivity index (χ4n) is 4.11. The van der Waals surface area contributed by atoms with E-state index >= 15 is 0 Å². The van der Waals surface area contributed by atoms with Crippen LogP contribution in [-0.4, -0.2) is 56.6 Å². The monoisotopic (exact) mass is 688 g/mol. The maximum Gasteiger partial charge on any atom is 0.343 e. The molecule has 258 valence electrons. The van der Waals surface area contributed by atoms with Gasteiger partial charge in [0.15, 0.2) is 11.5 Å². The molecule has 3 aromatic carbocycles. The highest BCUT2D eigenvalue weighted by Crippen LogP contribution is 2.30. The number of esters is 3. The first kappa shape index (κ1) is 38.2. The highest BCUT2D eigenvalue weighted by molar-refractivity contribution is 8.14. The summed E-state index contributed by atoms with van der Waals surface area (Å²) in [6.45, 7) is 10.0. The lowest BCUT2D eigenvalue weighted by atomic mass is 10.2. The van der Waals surface area contributed by atoms with Crippen molar-refractivity contribution in [1.29, 1.82) is 0 Å². The maximum absolute atomic E-state index is 12.7. The lowest BCUT2D eigenvalue weighted by molar-refractivity contribution is -0.138. The number of carbonyl (C=O) groups is 4. The van der Waals surface area contributed by atoms with E-state index in [4.69, 9.17) is 28.4 Å². The number of hydrogen-bond donors (Lipinski definition) is 0. The second kappa shape index (κ2) is 20.8. The zero-order valence-electron chi connectivity index (χ0n) is 27.6. The number of thioether (sulfide) groups is 1. The van der Waals surface area contributed by atoms with Crippen molar-refractivity contribution < 1.29 is 47.6 Å². The van der Waals surface area contributed by atoms with E-state index in [0.717, 1.165) is 39.9 Å². The lowest BCUT2D eigenvalue weighted by Crippen LogP contribution is -2.09. The molecule has 0 aliphatic heterocycles. The summed E-state index contributed by atoms with van der Waals surface area (Å²) in [5, 5.41) is -0.178. The molecule has 0 amide bonds. The highest BCUT2D eigenvalue weighted by Gasteiger charge is 2.12. The molecule has 10 nitrogen and oxygen atoms in total. The predicted octanol–water partition coefficient (Wildman–Crippen LogP) is 7.33. The largest absolute Gasteiger partial charge is 0.494 e. The van der Waals surface area contributed by atoms with Crippen LogP contribution in [0.25, 0.3) is 6.08 Å². The van der Waals surface area contributed by atoms with E-state index in [1.165, 1.54) is 6.08 Å². The molecule has 0 saturated heterocycles. The lowest BCUT2D eigenvalue weighted by Gasteiger charge is -2.11. The van der Waals surface area contributed by atoms with Crippen molar-refractivity contribution in [3.63, 3.8) is 0 Å². The fraction of sp³-hybridized carbons (Fsp3) is 0.263. The standard InChI is InChI=1S/C38H40O10S/c1-5-35(39)46-23-9-7-21-44-30-15-13-29(14-16-30)38(42)48-31-17-19-34(27(3)25-31)49-37(41)20-12-28-11-18-32(33(26-28)43-4)45-22-8-10-24-47-36(40)6-2/h5-6,11-20,25-26H,1-2,7-10,21-24H2,3-4H3. The van der Waals surface area contributed by atoms with Crippen molar-refractivity contribution >= 4 is 40.9 Å². The van der Waals surface area contributed by atoms with Crippen LogP contribution in [0.3, 0.4) is 0 Å². The Labute approximate surface area is 290 Å². The Bertz CT molecular complexity index is 1630. The quantitative estimate of drug-likeness (QED) is 0.0390. The van der Waals surface area contributed by atoms with Crippen LogP contribution in [0.15, 0.2) is 96.9 Å². The molecule has 0 spiro atoms. The molecule has 0 radical (unpaired) electrons. The van der Waals surface area contributed by atoms with Crippen molar-refractivity contribution in [2.24, 2.45) is 0 Å². The number of ether oxygens (including phenoxy) is 6. The SMILES string of the molecule is C=CC(=O)OCCCCOc1ccc(C(=O)Oc2ccc(SC(=O)C=Cc3ccc(OCCCCOC(=O)C=C)c(OC)c3)c(C)c2)cc1. The van der Waals surface area contributed by atoms with Crippen LogP contribution in [-0.2, 0) is 23.9 Å². The summed E-state index contributed by atoms with van der Waals surface area (Å²) >= 11 is 1.06. The van der Waals surface area contributed by atoms with Gasteiger partial charge in [-0.25, -0.2) is 14.4 Å². The van der Waals surface area contributed by atoms with Crippen molar-refractivity contribution in [3.05, 3.63) is 109 Å². The molecule has 0 unspecified atom stereocenters. The van der Waals surface area contributed by atoms with Crippen LogP contribution in [0.1, 0.15) is 47.2 Å². The highest BCUT2D eigenvalue weighted by atomic mass is 32.2. The average molecular weight is 689 g/mol. The summed E-state index contributed by atoms with van der Waals surface area (Å²) in [7, 11) is 1.54. The van der Waals surface area contributed by atoms with Gasteiger partial charge in [-0.05, 0) is 116 Å². The summed E-state index contributed by atoms with van der Waals surface area (Å²) in [6.07, 6.45) is 8.13. The van der Waals surface area contributed by atoms with Crippen LogP contribution < -0.4 is 18.9 Å². The van der Waals surface area contributed by atoms with Crippen molar-refractivity contribution in [2.45, 2.75) is 37.5 Å². The van der Waals surface area contributed by atoms with E-state index in [9.17, 15) is 19.2 Å². The minimum Gasteiger partial charge on any atom is -0.494 e. The molecular formula is C38H40O10S. The number of aryl methyl sites for hydroxylation is 1. The summed E-state index contributed by atoms with van der Waals surface area (Å²) in [6, 6.07) is 17.1. The smallest absolute Gasteiger partial charge is 0.343 e.